The number of nitrogens with zero attached hydrogens (tertiary/aromatic N) is 3. The van der Waals surface area contributed by atoms with Crippen LogP contribution in [-0.4, -0.2) is 35.6 Å². The maximum absolute atomic E-state index is 13.3. The van der Waals surface area contributed by atoms with Crippen LogP contribution in [0, 0.1) is 0 Å². The number of unbranched alkanes of at least 4 members (excludes halogenated alkanes) is 2. The SMILES string of the molecule is CCCC[S+]([O-])c1sc2nc(-c3cccc(CCCC[S+]([O-])c4sc5nc(-c6cccs6)ccc5c4N)c3)nc(-c3ccccc3)c2c1N. The minimum Gasteiger partial charge on any atom is -0.611 e. The molecule has 0 radical (unpaired) electrons. The quantitative estimate of drug-likeness (QED) is 0.0887. The van der Waals surface area contributed by atoms with Crippen LogP contribution in [0.1, 0.15) is 38.2 Å². The van der Waals surface area contributed by atoms with E-state index in [9.17, 15) is 9.11 Å². The lowest BCUT2D eigenvalue weighted by Crippen LogP contribution is -2.07. The first-order valence-electron chi connectivity index (χ1n) is 16.2. The molecular weight excluding hydrogens is 707 g/mol. The molecule has 0 spiro atoms. The molecule has 0 bridgehead atoms. The van der Waals surface area contributed by atoms with Gasteiger partial charge in [-0.15, -0.1) is 11.3 Å². The summed E-state index contributed by atoms with van der Waals surface area (Å²) >= 11 is 2.11. The molecule has 0 aliphatic heterocycles. The first kappa shape index (κ1) is 34.0. The van der Waals surface area contributed by atoms with Gasteiger partial charge in [0, 0.05) is 16.5 Å². The van der Waals surface area contributed by atoms with Crippen molar-refractivity contribution < 1.29 is 9.11 Å². The first-order chi connectivity index (χ1) is 23.9. The zero-order valence-electron chi connectivity index (χ0n) is 26.9. The summed E-state index contributed by atoms with van der Waals surface area (Å²) in [4.78, 5) is 17.5. The number of aromatic nitrogens is 3. The average molecular weight is 742 g/mol. The van der Waals surface area contributed by atoms with Crippen molar-refractivity contribution >= 4 is 88.2 Å². The summed E-state index contributed by atoms with van der Waals surface area (Å²) in [6, 6.07) is 26.3. The van der Waals surface area contributed by atoms with E-state index in [1.165, 1.54) is 22.7 Å². The van der Waals surface area contributed by atoms with Gasteiger partial charge in [0.2, 0.25) is 8.42 Å². The summed E-state index contributed by atoms with van der Waals surface area (Å²) in [5, 5.41) is 3.67. The molecule has 0 saturated heterocycles. The summed E-state index contributed by atoms with van der Waals surface area (Å²) < 4.78 is 27.9. The van der Waals surface area contributed by atoms with E-state index < -0.39 is 22.4 Å². The molecule has 2 aromatic carbocycles. The van der Waals surface area contributed by atoms with E-state index in [1.807, 2.05) is 72.1 Å². The summed E-state index contributed by atoms with van der Waals surface area (Å²) in [7, 11) is 0. The van der Waals surface area contributed by atoms with Crippen LogP contribution in [0.25, 0.3) is 53.6 Å². The Bertz CT molecular complexity index is 2200. The molecular formula is C37H35N5O2S5. The number of benzene rings is 2. The maximum Gasteiger partial charge on any atom is 0.232 e. The molecule has 0 fully saturated rings. The number of thiophene rings is 3. The highest BCUT2D eigenvalue weighted by Gasteiger charge is 2.26. The van der Waals surface area contributed by atoms with Crippen molar-refractivity contribution in [1.82, 2.24) is 15.0 Å². The van der Waals surface area contributed by atoms with Gasteiger partial charge in [-0.1, -0.05) is 90.6 Å². The van der Waals surface area contributed by atoms with Crippen LogP contribution in [0.5, 0.6) is 0 Å². The summed E-state index contributed by atoms with van der Waals surface area (Å²) in [5.74, 6) is 1.73. The Labute approximate surface area is 303 Å². The van der Waals surface area contributed by atoms with Gasteiger partial charge in [0.25, 0.3) is 0 Å². The van der Waals surface area contributed by atoms with Crippen molar-refractivity contribution in [3.05, 3.63) is 89.8 Å². The molecule has 5 heterocycles. The third-order valence-electron chi connectivity index (χ3n) is 8.26. The number of anilines is 2. The van der Waals surface area contributed by atoms with Crippen LogP contribution in [0.15, 0.2) is 92.7 Å². The van der Waals surface area contributed by atoms with E-state index in [1.54, 1.807) is 11.3 Å². The summed E-state index contributed by atoms with van der Waals surface area (Å²) in [6.07, 6.45) is 4.35. The Kier molecular flexibility index (Phi) is 10.5. The normalized spacial score (nSPS) is 13.0. The Morgan fingerprint density at radius 2 is 1.47 bits per heavy atom. The molecule has 7 nitrogen and oxygen atoms in total. The van der Waals surface area contributed by atoms with Gasteiger partial charge in [-0.25, -0.2) is 15.0 Å². The number of rotatable bonds is 13. The van der Waals surface area contributed by atoms with Crippen molar-refractivity contribution in [3.8, 4) is 33.2 Å². The second-order valence-electron chi connectivity index (χ2n) is 11.7. The standard InChI is InChI=1S/C37H35N5O2S5/c1-2-3-20-48(43)37-31(39)29-32(24-13-5-4-6-14-24)41-33(42-35(29)47-37)25-15-9-12-23(22-25)11-7-8-21-49(44)36-30(38)26-17-18-27(40-34(26)46-36)28-16-10-19-45-28/h4-6,9-10,12-19,22H,2-3,7-8,11,20-21,38-39H2,1H3. The van der Waals surface area contributed by atoms with Crippen LogP contribution in [0.3, 0.4) is 0 Å². The number of nitrogen functional groups attached to an aromatic ring is 2. The van der Waals surface area contributed by atoms with Crippen LogP contribution >= 0.6 is 34.0 Å². The van der Waals surface area contributed by atoms with Crippen molar-refractivity contribution in [2.24, 2.45) is 0 Å². The van der Waals surface area contributed by atoms with E-state index in [0.717, 1.165) is 85.5 Å². The molecule has 2 unspecified atom stereocenters. The molecule has 12 heteroatoms. The number of hydrogen-bond acceptors (Lipinski definition) is 10. The Morgan fingerprint density at radius 3 is 2.24 bits per heavy atom. The van der Waals surface area contributed by atoms with Crippen LogP contribution in [0.4, 0.5) is 11.4 Å². The number of nitrogens with two attached hydrogens (primary N) is 2. The minimum atomic E-state index is -1.20. The van der Waals surface area contributed by atoms with Crippen molar-refractivity contribution in [2.45, 2.75) is 47.4 Å². The highest BCUT2D eigenvalue weighted by molar-refractivity contribution is 7.94. The lowest BCUT2D eigenvalue weighted by atomic mass is 10.0. The van der Waals surface area contributed by atoms with E-state index in [0.29, 0.717) is 37.1 Å². The molecule has 4 N–H and O–H groups in total. The van der Waals surface area contributed by atoms with Crippen molar-refractivity contribution in [3.63, 3.8) is 0 Å². The van der Waals surface area contributed by atoms with Gasteiger partial charge in [-0.05, 0) is 83.2 Å². The molecule has 7 aromatic rings. The van der Waals surface area contributed by atoms with E-state index in [4.69, 9.17) is 26.4 Å². The molecule has 5 aromatic heterocycles. The number of aryl methyl sites for hydroxylation is 1. The van der Waals surface area contributed by atoms with E-state index in [-0.39, 0.29) is 0 Å². The van der Waals surface area contributed by atoms with Crippen LogP contribution in [0.2, 0.25) is 0 Å². The number of fused-ring (bicyclic) bond motifs is 2. The Morgan fingerprint density at radius 1 is 0.714 bits per heavy atom. The maximum atomic E-state index is 13.3. The fourth-order valence-electron chi connectivity index (χ4n) is 5.70. The summed E-state index contributed by atoms with van der Waals surface area (Å²) in [5.41, 5.74) is 18.9. The van der Waals surface area contributed by atoms with Crippen molar-refractivity contribution in [1.29, 1.82) is 0 Å². The second kappa shape index (κ2) is 15.2. The smallest absolute Gasteiger partial charge is 0.232 e. The molecule has 0 aliphatic rings. The van der Waals surface area contributed by atoms with Gasteiger partial charge in [-0.3, -0.25) is 0 Å². The third kappa shape index (κ3) is 7.23. The lowest BCUT2D eigenvalue weighted by molar-refractivity contribution is 0.592. The van der Waals surface area contributed by atoms with Gasteiger partial charge >= 0.3 is 0 Å². The zero-order valence-corrected chi connectivity index (χ0v) is 31.0. The molecule has 7 rings (SSSR count). The molecule has 0 aliphatic carbocycles. The number of hydrogen-bond donors (Lipinski definition) is 2. The molecule has 2 atom stereocenters. The fraction of sp³-hybridized carbons (Fsp3) is 0.216. The van der Waals surface area contributed by atoms with Crippen LogP contribution in [-0.2, 0) is 28.8 Å². The average Bonchev–Trinajstić information content (AvgIpc) is 3.87. The number of pyridine rings is 1. The predicted octanol–water partition coefficient (Wildman–Crippen LogP) is 9.57. The molecule has 0 amide bonds. The monoisotopic (exact) mass is 741 g/mol. The van der Waals surface area contributed by atoms with Gasteiger partial charge in [0.15, 0.2) is 5.82 Å². The fourth-order valence-corrected chi connectivity index (χ4v) is 11.9. The lowest BCUT2D eigenvalue weighted by Gasteiger charge is -2.10. The molecule has 49 heavy (non-hydrogen) atoms. The third-order valence-corrected chi connectivity index (χ3v) is 15.2. The van der Waals surface area contributed by atoms with E-state index in [2.05, 4.69) is 19.1 Å². The molecule has 0 saturated carbocycles. The molecule has 250 valence electrons. The minimum absolute atomic E-state index is 0.516. The largest absolute Gasteiger partial charge is 0.611 e. The van der Waals surface area contributed by atoms with Gasteiger partial charge in [-0.2, -0.15) is 0 Å². The predicted molar refractivity (Wildman–Crippen MR) is 210 cm³/mol. The Balaban J connectivity index is 1.07. The highest BCUT2D eigenvalue weighted by Crippen LogP contribution is 2.42. The second-order valence-corrected chi connectivity index (χ2v) is 18.2. The van der Waals surface area contributed by atoms with E-state index >= 15 is 0 Å². The topological polar surface area (TPSA) is 137 Å². The summed E-state index contributed by atoms with van der Waals surface area (Å²) in [6.45, 7) is 2.09. The Hall–Kier alpha value is -3.49. The van der Waals surface area contributed by atoms with Gasteiger partial charge in [0.05, 0.1) is 21.7 Å². The first-order valence-corrected chi connectivity index (χ1v) is 21.3. The highest BCUT2D eigenvalue weighted by atomic mass is 32.2. The van der Waals surface area contributed by atoms with Gasteiger partial charge in [0.1, 0.15) is 32.5 Å². The van der Waals surface area contributed by atoms with Gasteiger partial charge < -0.3 is 20.6 Å². The zero-order chi connectivity index (χ0) is 33.9. The van der Waals surface area contributed by atoms with Crippen molar-refractivity contribution in [2.75, 3.05) is 23.0 Å². The van der Waals surface area contributed by atoms with Crippen LogP contribution < -0.4 is 11.5 Å².